The van der Waals surface area contributed by atoms with Gasteiger partial charge in [-0.25, -0.2) is 9.59 Å². The van der Waals surface area contributed by atoms with Gasteiger partial charge in [-0.05, 0) is 12.5 Å². The predicted octanol–water partition coefficient (Wildman–Crippen LogP) is 2.54. The summed E-state index contributed by atoms with van der Waals surface area (Å²) >= 11 is 0. The van der Waals surface area contributed by atoms with Crippen LogP contribution < -0.4 is 0 Å². The Morgan fingerprint density at radius 3 is 2.20 bits per heavy atom. The van der Waals surface area contributed by atoms with E-state index in [1.807, 2.05) is 20.8 Å². The summed E-state index contributed by atoms with van der Waals surface area (Å²) in [5.74, 6) is -1.16. The van der Waals surface area contributed by atoms with Gasteiger partial charge in [-0.1, -0.05) is 39.5 Å². The van der Waals surface area contributed by atoms with Crippen LogP contribution in [0.15, 0.2) is 36.0 Å². The number of carbonyl (C=O) groups excluding carboxylic acids is 2. The minimum absolute atomic E-state index is 0.293. The molecule has 0 N–H and O–H groups in total. The smallest absolute Gasteiger partial charge is 0.346 e. The van der Waals surface area contributed by atoms with Gasteiger partial charge in [0, 0.05) is 0 Å². The Bertz CT molecular complexity index is 322. The first-order valence-corrected chi connectivity index (χ1v) is 5.00. The molecule has 0 aromatic rings. The maximum absolute atomic E-state index is 11.1. The first kappa shape index (κ1) is 13.4. The standard InChI is InChI=1S/C10H10O3.C2H6/c1-3-5-7-8(6-4-2)10(12)13-9(7)11;1-2/h3,5-6H,1,4H2,2H3;1-2H3/b7-5+,8-6+;. The molecule has 3 nitrogen and oxygen atoms in total. The van der Waals surface area contributed by atoms with Gasteiger partial charge >= 0.3 is 11.9 Å². The second-order valence-electron chi connectivity index (χ2n) is 2.52. The minimum Gasteiger partial charge on any atom is -0.386 e. The van der Waals surface area contributed by atoms with Crippen LogP contribution in [0.1, 0.15) is 27.2 Å². The minimum atomic E-state index is -0.593. The van der Waals surface area contributed by atoms with Crippen LogP contribution in [-0.4, -0.2) is 11.9 Å². The molecule has 0 aromatic heterocycles. The fraction of sp³-hybridized carbons (Fsp3) is 0.333. The van der Waals surface area contributed by atoms with Crippen LogP contribution in [0, 0.1) is 0 Å². The summed E-state index contributed by atoms with van der Waals surface area (Å²) < 4.78 is 4.43. The van der Waals surface area contributed by atoms with Crippen LogP contribution in [-0.2, 0) is 14.3 Å². The van der Waals surface area contributed by atoms with E-state index in [1.54, 1.807) is 6.08 Å². The fourth-order valence-electron chi connectivity index (χ4n) is 1.09. The van der Waals surface area contributed by atoms with Crippen molar-refractivity contribution in [2.45, 2.75) is 27.2 Å². The van der Waals surface area contributed by atoms with E-state index in [-0.39, 0.29) is 0 Å². The monoisotopic (exact) mass is 208 g/mol. The van der Waals surface area contributed by atoms with Crippen LogP contribution in [0.5, 0.6) is 0 Å². The van der Waals surface area contributed by atoms with E-state index >= 15 is 0 Å². The quantitative estimate of drug-likeness (QED) is 0.398. The lowest BCUT2D eigenvalue weighted by atomic mass is 10.1. The Balaban J connectivity index is 0.000000921. The van der Waals surface area contributed by atoms with Crippen LogP contribution >= 0.6 is 0 Å². The summed E-state index contributed by atoms with van der Waals surface area (Å²) in [4.78, 5) is 22.1. The van der Waals surface area contributed by atoms with Crippen molar-refractivity contribution in [2.75, 3.05) is 0 Å². The number of ether oxygens (including phenoxy) is 1. The van der Waals surface area contributed by atoms with Gasteiger partial charge < -0.3 is 4.74 Å². The molecule has 0 bridgehead atoms. The highest BCUT2D eigenvalue weighted by Crippen LogP contribution is 2.22. The lowest BCUT2D eigenvalue weighted by Gasteiger charge is -1.89. The van der Waals surface area contributed by atoms with Crippen LogP contribution in [0.4, 0.5) is 0 Å². The SMILES string of the molecule is C=C/C=C1/C(=O)OC(=O)/C1=C/CC.CC. The molecule has 1 aliphatic heterocycles. The second kappa shape index (κ2) is 6.76. The van der Waals surface area contributed by atoms with E-state index < -0.39 is 11.9 Å². The summed E-state index contributed by atoms with van der Waals surface area (Å²) in [6.45, 7) is 9.34. The van der Waals surface area contributed by atoms with Gasteiger partial charge in [0.15, 0.2) is 0 Å². The predicted molar refractivity (Wildman–Crippen MR) is 59.1 cm³/mol. The Morgan fingerprint density at radius 1 is 1.20 bits per heavy atom. The summed E-state index contributed by atoms with van der Waals surface area (Å²) in [6, 6.07) is 0. The van der Waals surface area contributed by atoms with Crippen molar-refractivity contribution >= 4 is 11.9 Å². The molecule has 1 rings (SSSR count). The number of esters is 2. The average molecular weight is 208 g/mol. The molecule has 1 fully saturated rings. The second-order valence-corrected chi connectivity index (χ2v) is 2.52. The van der Waals surface area contributed by atoms with Gasteiger partial charge in [-0.2, -0.15) is 0 Å². The number of rotatable bonds is 2. The molecule has 3 heteroatoms. The Labute approximate surface area is 90.1 Å². The fourth-order valence-corrected chi connectivity index (χ4v) is 1.09. The van der Waals surface area contributed by atoms with Crippen LogP contribution in [0.3, 0.4) is 0 Å². The summed E-state index contributed by atoms with van der Waals surface area (Å²) in [5, 5.41) is 0. The Hall–Kier alpha value is -1.64. The molecule has 15 heavy (non-hydrogen) atoms. The number of carbonyl (C=O) groups is 2. The van der Waals surface area contributed by atoms with Crippen LogP contribution in [0.25, 0.3) is 0 Å². The molecular formula is C12H16O3. The highest BCUT2D eigenvalue weighted by molar-refractivity contribution is 6.18. The molecule has 0 aromatic carbocycles. The van der Waals surface area contributed by atoms with E-state index in [2.05, 4.69) is 11.3 Å². The van der Waals surface area contributed by atoms with Crippen molar-refractivity contribution in [3.8, 4) is 0 Å². The lowest BCUT2D eigenvalue weighted by molar-refractivity contribution is -0.149. The highest BCUT2D eigenvalue weighted by Gasteiger charge is 2.32. The zero-order valence-electron chi connectivity index (χ0n) is 9.37. The molecule has 0 aliphatic carbocycles. The van der Waals surface area contributed by atoms with Gasteiger partial charge in [0.1, 0.15) is 0 Å². The number of cyclic esters (lactones) is 2. The molecule has 0 atom stereocenters. The summed E-state index contributed by atoms with van der Waals surface area (Å²) in [5.41, 5.74) is 0.634. The number of hydrogen-bond acceptors (Lipinski definition) is 3. The lowest BCUT2D eigenvalue weighted by Crippen LogP contribution is -1.96. The van der Waals surface area contributed by atoms with Gasteiger partial charge in [0.2, 0.25) is 0 Å². The van der Waals surface area contributed by atoms with Gasteiger partial charge in [0.25, 0.3) is 0 Å². The Kier molecular flexibility index (Phi) is 6.02. The van der Waals surface area contributed by atoms with Gasteiger partial charge in [-0.3, -0.25) is 0 Å². The van der Waals surface area contributed by atoms with E-state index in [0.717, 1.165) is 0 Å². The van der Waals surface area contributed by atoms with Gasteiger partial charge in [-0.15, -0.1) is 0 Å². The topological polar surface area (TPSA) is 43.4 Å². The van der Waals surface area contributed by atoms with E-state index in [9.17, 15) is 9.59 Å². The van der Waals surface area contributed by atoms with Crippen molar-refractivity contribution < 1.29 is 14.3 Å². The molecular weight excluding hydrogens is 192 g/mol. The third-order valence-electron chi connectivity index (χ3n) is 1.61. The number of allylic oxidation sites excluding steroid dienone is 3. The molecule has 0 unspecified atom stereocenters. The van der Waals surface area contributed by atoms with Crippen molar-refractivity contribution in [3.05, 3.63) is 36.0 Å². The molecule has 0 radical (unpaired) electrons. The Morgan fingerprint density at radius 2 is 1.73 bits per heavy atom. The largest absolute Gasteiger partial charge is 0.386 e. The van der Waals surface area contributed by atoms with Gasteiger partial charge in [0.05, 0.1) is 11.1 Å². The zero-order chi connectivity index (χ0) is 11.8. The first-order valence-electron chi connectivity index (χ1n) is 5.00. The van der Waals surface area contributed by atoms with Crippen molar-refractivity contribution in [2.24, 2.45) is 0 Å². The normalized spacial score (nSPS) is 19.9. The summed E-state index contributed by atoms with van der Waals surface area (Å²) in [7, 11) is 0. The molecule has 1 heterocycles. The average Bonchev–Trinajstić information content (AvgIpc) is 2.49. The number of hydrogen-bond donors (Lipinski definition) is 0. The zero-order valence-corrected chi connectivity index (χ0v) is 9.37. The maximum atomic E-state index is 11.1. The molecule has 0 saturated carbocycles. The molecule has 0 spiro atoms. The molecule has 82 valence electrons. The van der Waals surface area contributed by atoms with E-state index in [1.165, 1.54) is 12.2 Å². The maximum Gasteiger partial charge on any atom is 0.346 e. The first-order chi connectivity index (χ1) is 7.20. The highest BCUT2D eigenvalue weighted by atomic mass is 16.6. The van der Waals surface area contributed by atoms with Crippen LogP contribution in [0.2, 0.25) is 0 Å². The third-order valence-corrected chi connectivity index (χ3v) is 1.61. The van der Waals surface area contributed by atoms with Crippen molar-refractivity contribution in [1.82, 2.24) is 0 Å². The third kappa shape index (κ3) is 3.20. The molecule has 1 saturated heterocycles. The molecule has 0 amide bonds. The summed E-state index contributed by atoms with van der Waals surface area (Å²) in [6.07, 6.45) is 5.29. The van der Waals surface area contributed by atoms with E-state index in [4.69, 9.17) is 0 Å². The van der Waals surface area contributed by atoms with Crippen molar-refractivity contribution in [1.29, 1.82) is 0 Å². The van der Waals surface area contributed by atoms with Crippen molar-refractivity contribution in [3.63, 3.8) is 0 Å². The molecule has 1 aliphatic rings. The van der Waals surface area contributed by atoms with E-state index in [0.29, 0.717) is 17.6 Å².